The number of carbonyl (C=O) groups is 1. The average molecular weight is 286 g/mol. The maximum absolute atomic E-state index is 12.2. The lowest BCUT2D eigenvalue weighted by molar-refractivity contribution is -0.119. The van der Waals surface area contributed by atoms with E-state index in [-0.39, 0.29) is 11.8 Å². The van der Waals surface area contributed by atoms with Gasteiger partial charge in [0, 0.05) is 30.9 Å². The van der Waals surface area contributed by atoms with Crippen molar-refractivity contribution in [1.82, 2.24) is 14.8 Å². The first kappa shape index (κ1) is 15.2. The van der Waals surface area contributed by atoms with Crippen molar-refractivity contribution in [3.05, 3.63) is 30.7 Å². The van der Waals surface area contributed by atoms with Gasteiger partial charge >= 0.3 is 0 Å². The zero-order valence-corrected chi connectivity index (χ0v) is 12.8. The molecule has 0 spiro atoms. The van der Waals surface area contributed by atoms with E-state index < -0.39 is 0 Å². The lowest BCUT2D eigenvalue weighted by Gasteiger charge is -2.13. The summed E-state index contributed by atoms with van der Waals surface area (Å²) >= 11 is 0. The van der Waals surface area contributed by atoms with Gasteiger partial charge in [0.15, 0.2) is 0 Å². The van der Waals surface area contributed by atoms with E-state index in [9.17, 15) is 4.79 Å². The highest BCUT2D eigenvalue weighted by molar-refractivity contribution is 5.95. The van der Waals surface area contributed by atoms with Gasteiger partial charge in [0.05, 0.1) is 17.6 Å². The number of amides is 1. The number of hydrogen-bond acceptors (Lipinski definition) is 3. The number of unbranched alkanes of at least 4 members (excludes halogenated alkanes) is 1. The topological polar surface area (TPSA) is 59.8 Å². The number of nitrogens with zero attached hydrogens (tertiary/aromatic N) is 3. The molecule has 5 heteroatoms. The summed E-state index contributed by atoms with van der Waals surface area (Å²) in [5, 5.41) is 7.14. The molecule has 0 unspecified atom stereocenters. The predicted molar refractivity (Wildman–Crippen MR) is 83.8 cm³/mol. The Kier molecular flexibility index (Phi) is 5.09. The van der Waals surface area contributed by atoms with E-state index in [2.05, 4.69) is 22.3 Å². The van der Waals surface area contributed by atoms with Crippen LogP contribution in [0.4, 0.5) is 5.69 Å². The molecule has 1 N–H and O–H groups in total. The molecule has 2 aromatic rings. The van der Waals surface area contributed by atoms with E-state index in [1.807, 2.05) is 32.3 Å². The zero-order chi connectivity index (χ0) is 15.2. The van der Waals surface area contributed by atoms with E-state index >= 15 is 0 Å². The smallest absolute Gasteiger partial charge is 0.227 e. The Hall–Kier alpha value is -2.17. The first-order chi connectivity index (χ1) is 10.1. The molecule has 0 fully saturated rings. The molecule has 0 aliphatic rings. The van der Waals surface area contributed by atoms with Crippen LogP contribution in [0.1, 0.15) is 33.1 Å². The van der Waals surface area contributed by atoms with Gasteiger partial charge in [0.1, 0.15) is 0 Å². The minimum absolute atomic E-state index is 0.00639. The Morgan fingerprint density at radius 2 is 2.29 bits per heavy atom. The van der Waals surface area contributed by atoms with Crippen LogP contribution in [0, 0.1) is 5.92 Å². The largest absolute Gasteiger partial charge is 0.324 e. The van der Waals surface area contributed by atoms with Crippen molar-refractivity contribution in [2.75, 3.05) is 5.32 Å². The van der Waals surface area contributed by atoms with Gasteiger partial charge < -0.3 is 5.32 Å². The highest BCUT2D eigenvalue weighted by Crippen LogP contribution is 2.25. The van der Waals surface area contributed by atoms with Crippen molar-refractivity contribution in [1.29, 1.82) is 0 Å². The monoisotopic (exact) mass is 286 g/mol. The van der Waals surface area contributed by atoms with Gasteiger partial charge in [-0.3, -0.25) is 14.5 Å². The third-order valence-corrected chi connectivity index (χ3v) is 3.48. The number of rotatable bonds is 6. The molecule has 0 aliphatic heterocycles. The summed E-state index contributed by atoms with van der Waals surface area (Å²) in [7, 11) is 1.86. The lowest BCUT2D eigenvalue weighted by atomic mass is 10.0. The number of carbonyl (C=O) groups excluding carboxylic acids is 1. The molecule has 2 rings (SSSR count). The molecular weight excluding hydrogens is 264 g/mol. The summed E-state index contributed by atoms with van der Waals surface area (Å²) < 4.78 is 1.72. The van der Waals surface area contributed by atoms with Crippen LogP contribution in [0.2, 0.25) is 0 Å². The first-order valence-electron chi connectivity index (χ1n) is 7.36. The minimum atomic E-state index is 0.00639. The highest BCUT2D eigenvalue weighted by atomic mass is 16.1. The lowest BCUT2D eigenvalue weighted by Crippen LogP contribution is -2.20. The first-order valence-corrected chi connectivity index (χ1v) is 7.36. The molecule has 1 atom stereocenters. The van der Waals surface area contributed by atoms with Gasteiger partial charge in [0.2, 0.25) is 5.91 Å². The Morgan fingerprint density at radius 1 is 1.48 bits per heavy atom. The van der Waals surface area contributed by atoms with Crippen molar-refractivity contribution in [3.63, 3.8) is 0 Å². The molecule has 1 amide bonds. The number of anilines is 1. The number of aromatic nitrogens is 3. The predicted octanol–water partition coefficient (Wildman–Crippen LogP) is 3.25. The fourth-order valence-electron chi connectivity index (χ4n) is 2.18. The molecule has 0 bridgehead atoms. The maximum atomic E-state index is 12.2. The third-order valence-electron chi connectivity index (χ3n) is 3.48. The molecule has 21 heavy (non-hydrogen) atoms. The van der Waals surface area contributed by atoms with Crippen LogP contribution in [0.3, 0.4) is 0 Å². The van der Waals surface area contributed by atoms with Crippen LogP contribution in [0.25, 0.3) is 11.3 Å². The van der Waals surface area contributed by atoms with Crippen molar-refractivity contribution < 1.29 is 4.79 Å². The summed E-state index contributed by atoms with van der Waals surface area (Å²) in [6, 6.07) is 3.70. The van der Waals surface area contributed by atoms with Crippen LogP contribution in [0.5, 0.6) is 0 Å². The van der Waals surface area contributed by atoms with E-state index in [1.54, 1.807) is 17.1 Å². The standard InChI is InChI=1S/C16H22N4O/c1-4-5-7-12(2)16(21)19-14-8-6-9-17-15(14)13-10-18-20(3)11-13/h6,8-12H,4-5,7H2,1-3H3,(H,19,21)/t12-/m1/s1. The van der Waals surface area contributed by atoms with E-state index in [0.717, 1.165) is 36.2 Å². The molecule has 0 aromatic carbocycles. The molecule has 0 saturated heterocycles. The summed E-state index contributed by atoms with van der Waals surface area (Å²) in [5.74, 6) is 0.0495. The van der Waals surface area contributed by atoms with E-state index in [0.29, 0.717) is 0 Å². The Bertz CT molecular complexity index is 606. The van der Waals surface area contributed by atoms with Crippen molar-refractivity contribution in [3.8, 4) is 11.3 Å². The highest BCUT2D eigenvalue weighted by Gasteiger charge is 2.15. The van der Waals surface area contributed by atoms with Crippen LogP contribution < -0.4 is 5.32 Å². The summed E-state index contributed by atoms with van der Waals surface area (Å²) in [4.78, 5) is 16.6. The van der Waals surface area contributed by atoms with Crippen molar-refractivity contribution in [2.45, 2.75) is 33.1 Å². The molecular formula is C16H22N4O. The van der Waals surface area contributed by atoms with Gasteiger partial charge in [-0.05, 0) is 18.6 Å². The molecule has 0 radical (unpaired) electrons. The fourth-order valence-corrected chi connectivity index (χ4v) is 2.18. The molecule has 5 nitrogen and oxygen atoms in total. The normalized spacial score (nSPS) is 12.1. The quantitative estimate of drug-likeness (QED) is 0.886. The SMILES string of the molecule is CCCC[C@@H](C)C(=O)Nc1cccnc1-c1cnn(C)c1. The Balaban J connectivity index is 2.15. The Morgan fingerprint density at radius 3 is 2.95 bits per heavy atom. The second-order valence-corrected chi connectivity index (χ2v) is 5.33. The number of hydrogen-bond donors (Lipinski definition) is 1. The number of pyridine rings is 1. The number of nitrogens with one attached hydrogen (secondary N) is 1. The fraction of sp³-hybridized carbons (Fsp3) is 0.438. The third kappa shape index (κ3) is 3.90. The van der Waals surface area contributed by atoms with Gasteiger partial charge in [-0.25, -0.2) is 0 Å². The van der Waals surface area contributed by atoms with Crippen molar-refractivity contribution >= 4 is 11.6 Å². The average Bonchev–Trinajstić information content (AvgIpc) is 2.91. The second-order valence-electron chi connectivity index (χ2n) is 5.33. The van der Waals surface area contributed by atoms with Crippen LogP contribution in [0.15, 0.2) is 30.7 Å². The summed E-state index contributed by atoms with van der Waals surface area (Å²) in [6.45, 7) is 4.09. The second kappa shape index (κ2) is 7.02. The minimum Gasteiger partial charge on any atom is -0.324 e. The van der Waals surface area contributed by atoms with Gasteiger partial charge in [-0.2, -0.15) is 5.10 Å². The number of aryl methyl sites for hydroxylation is 1. The van der Waals surface area contributed by atoms with Crippen LogP contribution in [-0.4, -0.2) is 20.7 Å². The van der Waals surface area contributed by atoms with E-state index in [4.69, 9.17) is 0 Å². The zero-order valence-electron chi connectivity index (χ0n) is 12.8. The molecule has 2 heterocycles. The molecule has 112 valence electrons. The summed E-state index contributed by atoms with van der Waals surface area (Å²) in [6.07, 6.45) is 8.43. The molecule has 2 aromatic heterocycles. The maximum Gasteiger partial charge on any atom is 0.227 e. The Labute approximate surface area is 125 Å². The van der Waals surface area contributed by atoms with Gasteiger partial charge in [-0.15, -0.1) is 0 Å². The van der Waals surface area contributed by atoms with Crippen LogP contribution in [-0.2, 0) is 11.8 Å². The summed E-state index contributed by atoms with van der Waals surface area (Å²) in [5.41, 5.74) is 2.38. The van der Waals surface area contributed by atoms with Gasteiger partial charge in [-0.1, -0.05) is 26.7 Å². The molecule has 0 aliphatic carbocycles. The van der Waals surface area contributed by atoms with Crippen molar-refractivity contribution in [2.24, 2.45) is 13.0 Å². The molecule has 0 saturated carbocycles. The van der Waals surface area contributed by atoms with Crippen LogP contribution >= 0.6 is 0 Å². The van der Waals surface area contributed by atoms with E-state index in [1.165, 1.54) is 0 Å². The van der Waals surface area contributed by atoms with Gasteiger partial charge in [0.25, 0.3) is 0 Å².